The second-order valence-corrected chi connectivity index (χ2v) is 8.00. The van der Waals surface area contributed by atoms with Crippen molar-refractivity contribution < 1.29 is 9.53 Å². The molecule has 0 aliphatic carbocycles. The Morgan fingerprint density at radius 2 is 1.81 bits per heavy atom. The highest BCUT2D eigenvalue weighted by atomic mass is 16.6. The molecule has 6 nitrogen and oxygen atoms in total. The van der Waals surface area contributed by atoms with Gasteiger partial charge in [0.1, 0.15) is 5.60 Å². The van der Waals surface area contributed by atoms with Crippen LogP contribution in [0.5, 0.6) is 0 Å². The van der Waals surface area contributed by atoms with Crippen molar-refractivity contribution in [2.75, 3.05) is 18.0 Å². The van der Waals surface area contributed by atoms with E-state index in [-0.39, 0.29) is 12.1 Å². The van der Waals surface area contributed by atoms with Crippen LogP contribution in [0.1, 0.15) is 39.2 Å². The van der Waals surface area contributed by atoms with Crippen LogP contribution in [0.25, 0.3) is 11.3 Å². The van der Waals surface area contributed by atoms with Gasteiger partial charge in [0.2, 0.25) is 0 Å². The predicted molar refractivity (Wildman–Crippen MR) is 107 cm³/mol. The van der Waals surface area contributed by atoms with E-state index in [1.54, 1.807) is 0 Å². The number of hydrogen-bond acceptors (Lipinski definition) is 5. The van der Waals surface area contributed by atoms with Crippen molar-refractivity contribution in [3.8, 4) is 11.3 Å². The summed E-state index contributed by atoms with van der Waals surface area (Å²) in [4.78, 5) is 14.1. The highest BCUT2D eigenvalue weighted by molar-refractivity contribution is 5.68. The standard InChI is InChI=1S/C21H28N4O2/c1-15-7-5-6-8-17(15)18-9-10-19(24-23-18)25-13-11-16(12-14-25)22-20(26)27-21(2,3)4/h5-10,16H,11-14H2,1-4H3,(H,22,26). The molecule has 1 aromatic heterocycles. The smallest absolute Gasteiger partial charge is 0.407 e. The molecule has 0 saturated carbocycles. The Labute approximate surface area is 160 Å². The van der Waals surface area contributed by atoms with Gasteiger partial charge in [0, 0.05) is 24.7 Å². The van der Waals surface area contributed by atoms with Gasteiger partial charge < -0.3 is 15.0 Å². The first-order valence-electron chi connectivity index (χ1n) is 9.46. The van der Waals surface area contributed by atoms with E-state index in [4.69, 9.17) is 4.74 Å². The average molecular weight is 368 g/mol. The molecule has 1 amide bonds. The number of alkyl carbamates (subject to hydrolysis) is 1. The molecule has 1 N–H and O–H groups in total. The van der Waals surface area contributed by atoms with E-state index in [9.17, 15) is 4.79 Å². The molecule has 6 heteroatoms. The van der Waals surface area contributed by atoms with E-state index >= 15 is 0 Å². The zero-order valence-corrected chi connectivity index (χ0v) is 16.5. The number of hydrogen-bond donors (Lipinski definition) is 1. The first-order chi connectivity index (χ1) is 12.8. The lowest BCUT2D eigenvalue weighted by molar-refractivity contribution is 0.0497. The molecule has 27 heavy (non-hydrogen) atoms. The lowest BCUT2D eigenvalue weighted by Gasteiger charge is -2.33. The molecule has 1 saturated heterocycles. The summed E-state index contributed by atoms with van der Waals surface area (Å²) in [6.07, 6.45) is 1.38. The number of rotatable bonds is 3. The second kappa shape index (κ2) is 7.94. The van der Waals surface area contributed by atoms with Crippen LogP contribution in [-0.2, 0) is 4.74 Å². The molecule has 2 heterocycles. The van der Waals surface area contributed by atoms with Gasteiger partial charge >= 0.3 is 6.09 Å². The maximum absolute atomic E-state index is 11.9. The van der Waals surface area contributed by atoms with Gasteiger partial charge in [-0.1, -0.05) is 24.3 Å². The molecule has 144 valence electrons. The largest absolute Gasteiger partial charge is 0.444 e. The van der Waals surface area contributed by atoms with Gasteiger partial charge in [-0.05, 0) is 58.2 Å². The van der Waals surface area contributed by atoms with Crippen LogP contribution in [0.3, 0.4) is 0 Å². The van der Waals surface area contributed by atoms with Gasteiger partial charge in [-0.15, -0.1) is 10.2 Å². The lowest BCUT2D eigenvalue weighted by Crippen LogP contribution is -2.46. The second-order valence-electron chi connectivity index (χ2n) is 8.00. The molecule has 0 spiro atoms. The van der Waals surface area contributed by atoms with Crippen molar-refractivity contribution in [1.82, 2.24) is 15.5 Å². The van der Waals surface area contributed by atoms with Crippen molar-refractivity contribution in [3.05, 3.63) is 42.0 Å². The van der Waals surface area contributed by atoms with Crippen LogP contribution in [-0.4, -0.2) is 41.0 Å². The van der Waals surface area contributed by atoms with Crippen molar-refractivity contribution >= 4 is 11.9 Å². The minimum Gasteiger partial charge on any atom is -0.444 e. The zero-order valence-electron chi connectivity index (χ0n) is 16.5. The number of nitrogens with zero attached hydrogens (tertiary/aromatic N) is 3. The van der Waals surface area contributed by atoms with Gasteiger partial charge in [-0.25, -0.2) is 4.79 Å². The molecule has 0 unspecified atom stereocenters. The molecule has 2 aromatic rings. The Morgan fingerprint density at radius 3 is 2.41 bits per heavy atom. The number of ether oxygens (including phenoxy) is 1. The predicted octanol–water partition coefficient (Wildman–Crippen LogP) is 3.95. The van der Waals surface area contributed by atoms with Crippen molar-refractivity contribution in [1.29, 1.82) is 0 Å². The number of nitrogens with one attached hydrogen (secondary N) is 1. The average Bonchev–Trinajstić information content (AvgIpc) is 2.61. The Bertz CT molecular complexity index is 776. The number of aromatic nitrogens is 2. The fourth-order valence-electron chi connectivity index (χ4n) is 3.22. The van der Waals surface area contributed by atoms with E-state index in [2.05, 4.69) is 39.5 Å². The number of amides is 1. The summed E-state index contributed by atoms with van der Waals surface area (Å²) < 4.78 is 5.33. The summed E-state index contributed by atoms with van der Waals surface area (Å²) in [5, 5.41) is 11.8. The number of carbonyl (C=O) groups excluding carboxylic acids is 1. The maximum Gasteiger partial charge on any atom is 0.407 e. The molecular formula is C21H28N4O2. The first-order valence-corrected chi connectivity index (χ1v) is 9.46. The number of benzene rings is 1. The number of anilines is 1. The minimum atomic E-state index is -0.473. The van der Waals surface area contributed by atoms with E-state index in [0.717, 1.165) is 43.0 Å². The van der Waals surface area contributed by atoms with Crippen LogP contribution >= 0.6 is 0 Å². The highest BCUT2D eigenvalue weighted by Gasteiger charge is 2.24. The molecule has 0 atom stereocenters. The molecule has 0 bridgehead atoms. The van der Waals surface area contributed by atoms with Gasteiger partial charge in [0.15, 0.2) is 5.82 Å². The van der Waals surface area contributed by atoms with Crippen LogP contribution in [0.15, 0.2) is 36.4 Å². The molecule has 3 rings (SSSR count). The molecular weight excluding hydrogens is 340 g/mol. The van der Waals surface area contributed by atoms with Crippen LogP contribution in [0, 0.1) is 6.92 Å². The van der Waals surface area contributed by atoms with Crippen molar-refractivity contribution in [2.24, 2.45) is 0 Å². The van der Waals surface area contributed by atoms with Gasteiger partial charge in [0.25, 0.3) is 0 Å². The lowest BCUT2D eigenvalue weighted by atomic mass is 10.0. The van der Waals surface area contributed by atoms with E-state index < -0.39 is 5.60 Å². The van der Waals surface area contributed by atoms with E-state index in [1.165, 1.54) is 5.56 Å². The third kappa shape index (κ3) is 5.18. The minimum absolute atomic E-state index is 0.135. The first kappa shape index (κ1) is 19.1. The van der Waals surface area contributed by atoms with Gasteiger partial charge in [-0.3, -0.25) is 0 Å². The normalized spacial score (nSPS) is 15.5. The summed E-state index contributed by atoms with van der Waals surface area (Å²) in [5.74, 6) is 0.878. The molecule has 1 aliphatic rings. The van der Waals surface area contributed by atoms with Crippen molar-refractivity contribution in [2.45, 2.75) is 52.2 Å². The highest BCUT2D eigenvalue weighted by Crippen LogP contribution is 2.23. The quantitative estimate of drug-likeness (QED) is 0.889. The fraction of sp³-hybridized carbons (Fsp3) is 0.476. The Balaban J connectivity index is 1.55. The monoisotopic (exact) mass is 368 g/mol. The van der Waals surface area contributed by atoms with Crippen LogP contribution in [0.2, 0.25) is 0 Å². The van der Waals surface area contributed by atoms with E-state index in [1.807, 2.05) is 45.0 Å². The topological polar surface area (TPSA) is 67.4 Å². The van der Waals surface area contributed by atoms with Crippen LogP contribution in [0.4, 0.5) is 10.6 Å². The zero-order chi connectivity index (χ0) is 19.4. The summed E-state index contributed by atoms with van der Waals surface area (Å²) in [5.41, 5.74) is 2.71. The SMILES string of the molecule is Cc1ccccc1-c1ccc(N2CCC(NC(=O)OC(C)(C)C)CC2)nn1. The van der Waals surface area contributed by atoms with E-state index in [0.29, 0.717) is 0 Å². The van der Waals surface area contributed by atoms with Crippen LogP contribution < -0.4 is 10.2 Å². The fourth-order valence-corrected chi connectivity index (χ4v) is 3.22. The third-order valence-electron chi connectivity index (χ3n) is 4.61. The summed E-state index contributed by atoms with van der Waals surface area (Å²) in [6.45, 7) is 9.35. The molecule has 1 aromatic carbocycles. The third-order valence-corrected chi connectivity index (χ3v) is 4.61. The molecule has 0 radical (unpaired) electrons. The number of carbonyl (C=O) groups is 1. The maximum atomic E-state index is 11.9. The molecule has 1 fully saturated rings. The van der Waals surface area contributed by atoms with Gasteiger partial charge in [0.05, 0.1) is 5.69 Å². The van der Waals surface area contributed by atoms with Crippen molar-refractivity contribution in [3.63, 3.8) is 0 Å². The summed E-state index contributed by atoms with van der Waals surface area (Å²) in [6, 6.07) is 12.4. The number of aryl methyl sites for hydroxylation is 1. The Morgan fingerprint density at radius 1 is 1.11 bits per heavy atom. The summed E-state index contributed by atoms with van der Waals surface area (Å²) >= 11 is 0. The molecule has 1 aliphatic heterocycles. The Hall–Kier alpha value is -2.63. The van der Waals surface area contributed by atoms with Gasteiger partial charge in [-0.2, -0.15) is 0 Å². The number of piperidine rings is 1. The summed E-state index contributed by atoms with van der Waals surface area (Å²) in [7, 11) is 0. The Kier molecular flexibility index (Phi) is 5.63.